The third kappa shape index (κ3) is 23.7. The number of carbonyl (C=O) groups excluding carboxylic acids is 11. The minimum atomic E-state index is -1.82. The number of hydrogen-bond acceptors (Lipinski definition) is 14. The molecule has 17 N–H and O–H groups in total. The normalized spacial score (nSPS) is 26.3. The van der Waals surface area contributed by atoms with Crippen molar-refractivity contribution in [3.8, 4) is 0 Å². The molecular formula is C46H82N12O13. The molecule has 1 saturated heterocycles. The number of carbonyl (C=O) groups is 11. The number of amides is 11. The van der Waals surface area contributed by atoms with E-state index < -0.39 is 144 Å². The van der Waals surface area contributed by atoms with Crippen molar-refractivity contribution >= 4 is 65.0 Å². The molecular weight excluding hydrogens is 929 g/mol. The Hall–Kier alpha value is -5.95. The van der Waals surface area contributed by atoms with Crippen molar-refractivity contribution in [2.45, 2.75) is 205 Å². The average Bonchev–Trinajstić information content (AvgIpc) is 3.26. The highest BCUT2D eigenvalue weighted by atomic mass is 16.3. The predicted molar refractivity (Wildman–Crippen MR) is 259 cm³/mol. The monoisotopic (exact) mass is 1010 g/mol. The molecule has 0 aromatic carbocycles. The highest BCUT2D eigenvalue weighted by Crippen LogP contribution is 2.14. The number of hydrogen-bond donors (Lipinski definition) is 14. The Labute approximate surface area is 415 Å². The van der Waals surface area contributed by atoms with Crippen molar-refractivity contribution < 1.29 is 63.0 Å². The van der Waals surface area contributed by atoms with Gasteiger partial charge in [-0.1, -0.05) is 73.1 Å². The molecule has 1 fully saturated rings. The van der Waals surface area contributed by atoms with Crippen LogP contribution >= 0.6 is 0 Å². The maximum atomic E-state index is 14.2. The summed E-state index contributed by atoms with van der Waals surface area (Å²) < 4.78 is 0. The SMILES string of the molecule is CCCCCCCC[C@H]1NC(=O)[C@@H](CC(C)C)NC(=O)[C@H]([C@@H](C)O)NC(=O)[C@@H](CC(C)C)NC(=O)[C@H](CC(N)=O)NC(=O)[C@H](CC(N)=O)NC(=O)[C@H](C)NC(=O)[C@H]([C@@H](C)O)NC(=O)[C@H](CCCN)NC1=O. The van der Waals surface area contributed by atoms with Crippen molar-refractivity contribution in [2.75, 3.05) is 6.54 Å². The molecule has 0 saturated carbocycles. The Bertz CT molecular complexity index is 1830. The summed E-state index contributed by atoms with van der Waals surface area (Å²) in [6.45, 7) is 12.6. The van der Waals surface area contributed by atoms with Crippen LogP contribution < -0.4 is 65.1 Å². The molecule has 25 nitrogen and oxygen atoms in total. The third-order valence-corrected chi connectivity index (χ3v) is 11.4. The van der Waals surface area contributed by atoms with Gasteiger partial charge in [-0.3, -0.25) is 52.7 Å². The number of rotatable bonds is 20. The van der Waals surface area contributed by atoms with E-state index in [1.807, 2.05) is 0 Å². The highest BCUT2D eigenvalue weighted by Gasteiger charge is 2.38. The Morgan fingerprint density at radius 3 is 1.20 bits per heavy atom. The van der Waals surface area contributed by atoms with Gasteiger partial charge in [-0.2, -0.15) is 0 Å². The molecule has 1 rings (SSSR count). The summed E-state index contributed by atoms with van der Waals surface area (Å²) in [6, 6.07) is -14.1. The van der Waals surface area contributed by atoms with Crippen molar-refractivity contribution in [1.29, 1.82) is 0 Å². The zero-order chi connectivity index (χ0) is 54.1. The first-order chi connectivity index (χ1) is 33.2. The topological polar surface area (TPSA) is 415 Å². The summed E-state index contributed by atoms with van der Waals surface area (Å²) in [5.41, 5.74) is 16.6. The number of unbranched alkanes of at least 4 members (excludes halogenated alkanes) is 5. The summed E-state index contributed by atoms with van der Waals surface area (Å²) in [6.07, 6.45) is 0.250. The van der Waals surface area contributed by atoms with Gasteiger partial charge in [0.2, 0.25) is 65.0 Å². The largest absolute Gasteiger partial charge is 0.391 e. The van der Waals surface area contributed by atoms with Gasteiger partial charge in [0.15, 0.2) is 0 Å². The molecule has 1 aliphatic rings. The zero-order valence-corrected chi connectivity index (χ0v) is 42.5. The first kappa shape index (κ1) is 63.1. The molecule has 0 aromatic heterocycles. The van der Waals surface area contributed by atoms with Gasteiger partial charge in [-0.15, -0.1) is 0 Å². The molecule has 11 amide bonds. The second-order valence-electron chi connectivity index (χ2n) is 19.1. The van der Waals surface area contributed by atoms with Crippen LogP contribution in [0.15, 0.2) is 0 Å². The van der Waals surface area contributed by atoms with E-state index in [2.05, 4.69) is 54.8 Å². The molecule has 11 atom stereocenters. The molecule has 404 valence electrons. The van der Waals surface area contributed by atoms with Crippen LogP contribution in [0.3, 0.4) is 0 Å². The van der Waals surface area contributed by atoms with Crippen LogP contribution in [0.25, 0.3) is 0 Å². The van der Waals surface area contributed by atoms with E-state index in [0.717, 1.165) is 25.7 Å². The van der Waals surface area contributed by atoms with Crippen molar-refractivity contribution in [1.82, 2.24) is 47.9 Å². The number of primary amides is 2. The van der Waals surface area contributed by atoms with E-state index in [1.165, 1.54) is 20.8 Å². The van der Waals surface area contributed by atoms with Crippen LogP contribution in [-0.2, 0) is 52.7 Å². The lowest BCUT2D eigenvalue weighted by atomic mass is 9.99. The van der Waals surface area contributed by atoms with E-state index in [1.54, 1.807) is 27.7 Å². The number of nitrogens with one attached hydrogen (secondary N) is 9. The zero-order valence-electron chi connectivity index (χ0n) is 42.5. The van der Waals surface area contributed by atoms with E-state index in [4.69, 9.17) is 17.2 Å². The fraction of sp³-hybridized carbons (Fsp3) is 0.761. The van der Waals surface area contributed by atoms with E-state index in [0.29, 0.717) is 12.8 Å². The summed E-state index contributed by atoms with van der Waals surface area (Å²) in [7, 11) is 0. The van der Waals surface area contributed by atoms with Gasteiger partial charge in [0.25, 0.3) is 0 Å². The summed E-state index contributed by atoms with van der Waals surface area (Å²) >= 11 is 0. The van der Waals surface area contributed by atoms with Gasteiger partial charge in [0.05, 0.1) is 25.0 Å². The van der Waals surface area contributed by atoms with Gasteiger partial charge < -0.3 is 75.3 Å². The van der Waals surface area contributed by atoms with Gasteiger partial charge in [0, 0.05) is 0 Å². The first-order valence-electron chi connectivity index (χ1n) is 24.6. The van der Waals surface area contributed by atoms with Crippen LogP contribution in [0.2, 0.25) is 0 Å². The van der Waals surface area contributed by atoms with Gasteiger partial charge in [-0.25, -0.2) is 0 Å². The molecule has 1 heterocycles. The van der Waals surface area contributed by atoms with Crippen molar-refractivity contribution in [3.05, 3.63) is 0 Å². The lowest BCUT2D eigenvalue weighted by Gasteiger charge is -2.29. The minimum Gasteiger partial charge on any atom is -0.391 e. The molecule has 25 heteroatoms. The standard InChI is InChI=1S/C46H82N12O13/c1-9-10-11-12-13-14-16-28-39(64)51-29(17-15-18-47)40(65)57-36(26(7)59)45(70)50-25(6)38(63)53-32(21-34(48)61)42(67)55-33(22-35(49)62)43(68)54-31(20-24(4)5)44(69)58-37(27(8)60)46(71)56-30(19-23(2)3)41(66)52-28/h23-33,36-37,59-60H,9-22,47H2,1-8H3,(H2,48,61)(H2,49,62)(H,50,70)(H,51,64)(H,52,66)(H,53,63)(H,54,68)(H,55,67)(H,56,71)(H,57,65)(H,58,69)/t25-,26+,27+,28+,29-,30+,31+,32-,33-,36-,37-/m0/s1. The second-order valence-corrected chi connectivity index (χ2v) is 19.1. The molecule has 0 radical (unpaired) electrons. The minimum absolute atomic E-state index is 0.0206. The van der Waals surface area contributed by atoms with Gasteiger partial charge in [-0.05, 0) is 71.3 Å². The lowest BCUT2D eigenvalue weighted by Crippen LogP contribution is -2.62. The number of aliphatic hydroxyl groups is 2. The lowest BCUT2D eigenvalue weighted by molar-refractivity contribution is -0.138. The van der Waals surface area contributed by atoms with Crippen molar-refractivity contribution in [2.24, 2.45) is 29.0 Å². The molecule has 0 unspecified atom stereocenters. The summed E-state index contributed by atoms with van der Waals surface area (Å²) in [5, 5.41) is 43.5. The Balaban J connectivity index is 4.01. The summed E-state index contributed by atoms with van der Waals surface area (Å²) in [4.78, 5) is 149. The Morgan fingerprint density at radius 2 is 0.775 bits per heavy atom. The predicted octanol–water partition coefficient (Wildman–Crippen LogP) is -3.52. The molecule has 0 spiro atoms. The summed E-state index contributed by atoms with van der Waals surface area (Å²) in [5.74, 6) is -11.8. The highest BCUT2D eigenvalue weighted by molar-refractivity contribution is 6.00. The van der Waals surface area contributed by atoms with Gasteiger partial charge >= 0.3 is 0 Å². The van der Waals surface area contributed by atoms with Gasteiger partial charge in [0.1, 0.15) is 54.4 Å². The molecule has 0 bridgehead atoms. The van der Waals surface area contributed by atoms with Crippen LogP contribution in [0.4, 0.5) is 0 Å². The molecule has 71 heavy (non-hydrogen) atoms. The van der Waals surface area contributed by atoms with Crippen LogP contribution in [-0.4, -0.2) is 148 Å². The average molecular weight is 1010 g/mol. The van der Waals surface area contributed by atoms with E-state index in [-0.39, 0.29) is 50.5 Å². The van der Waals surface area contributed by atoms with E-state index in [9.17, 15) is 63.0 Å². The fourth-order valence-corrected chi connectivity index (χ4v) is 7.55. The van der Waals surface area contributed by atoms with Crippen molar-refractivity contribution in [3.63, 3.8) is 0 Å². The van der Waals surface area contributed by atoms with Crippen LogP contribution in [0, 0.1) is 11.8 Å². The maximum absolute atomic E-state index is 14.2. The van der Waals surface area contributed by atoms with E-state index >= 15 is 0 Å². The quantitative estimate of drug-likeness (QED) is 0.0526. The van der Waals surface area contributed by atoms with Crippen LogP contribution in [0.1, 0.15) is 139 Å². The number of aliphatic hydroxyl groups excluding tert-OH is 2. The second kappa shape index (κ2) is 32.1. The fourth-order valence-electron chi connectivity index (χ4n) is 7.55. The molecule has 0 aliphatic carbocycles. The first-order valence-corrected chi connectivity index (χ1v) is 24.6. The third-order valence-electron chi connectivity index (χ3n) is 11.4. The Morgan fingerprint density at radius 1 is 0.451 bits per heavy atom. The van der Waals surface area contributed by atoms with Crippen LogP contribution in [0.5, 0.6) is 0 Å². The molecule has 0 aromatic rings. The Kier molecular flexibility index (Phi) is 28.5. The molecule has 1 aliphatic heterocycles. The maximum Gasteiger partial charge on any atom is 0.245 e. The number of nitrogens with two attached hydrogens (primary N) is 3. The smallest absolute Gasteiger partial charge is 0.245 e.